The van der Waals surface area contributed by atoms with Gasteiger partial charge in [-0.2, -0.15) is 0 Å². The maximum absolute atomic E-state index is 12.3. The molecule has 0 aromatic rings. The van der Waals surface area contributed by atoms with Crippen LogP contribution in [-0.4, -0.2) is 92.4 Å². The van der Waals surface area contributed by atoms with Gasteiger partial charge in [0.05, 0.1) is 5.54 Å². The van der Waals surface area contributed by atoms with Gasteiger partial charge in [0, 0.05) is 52.9 Å². The fraction of sp³-hybridized carbons (Fsp3) is 0.913. The molecule has 1 aliphatic heterocycles. The van der Waals surface area contributed by atoms with Crippen molar-refractivity contribution in [1.82, 2.24) is 25.8 Å². The first kappa shape index (κ1) is 31.2. The van der Waals surface area contributed by atoms with Gasteiger partial charge in [0.2, 0.25) is 0 Å². The summed E-state index contributed by atoms with van der Waals surface area (Å²) in [6.07, 6.45) is 1.22. The zero-order valence-electron chi connectivity index (χ0n) is 21.7. The molecule has 8 nitrogen and oxygen atoms in total. The lowest BCUT2D eigenvalue weighted by atomic mass is 9.93. The van der Waals surface area contributed by atoms with Crippen molar-refractivity contribution in [2.45, 2.75) is 72.4 Å². The van der Waals surface area contributed by atoms with Crippen LogP contribution < -0.4 is 16.0 Å². The van der Waals surface area contributed by atoms with Crippen molar-refractivity contribution >= 4 is 36.0 Å². The predicted octanol–water partition coefficient (Wildman–Crippen LogP) is 3.13. The molecule has 3 N–H and O–H groups in total. The van der Waals surface area contributed by atoms with Gasteiger partial charge in [0.15, 0.2) is 5.96 Å². The lowest BCUT2D eigenvalue weighted by Crippen LogP contribution is -2.57. The minimum atomic E-state index is -0.512. The van der Waals surface area contributed by atoms with E-state index in [4.69, 9.17) is 4.74 Å². The van der Waals surface area contributed by atoms with Crippen molar-refractivity contribution in [2.24, 2.45) is 10.9 Å². The summed E-state index contributed by atoms with van der Waals surface area (Å²) in [6.45, 7) is 22.6. The van der Waals surface area contributed by atoms with Gasteiger partial charge < -0.3 is 30.5 Å². The summed E-state index contributed by atoms with van der Waals surface area (Å²) in [4.78, 5) is 21.8. The van der Waals surface area contributed by atoms with Crippen LogP contribution >= 0.6 is 24.0 Å². The molecule has 0 radical (unpaired) electrons. The average Bonchev–Trinajstić information content (AvgIpc) is 2.72. The van der Waals surface area contributed by atoms with Crippen LogP contribution in [0.2, 0.25) is 0 Å². The summed E-state index contributed by atoms with van der Waals surface area (Å²) < 4.78 is 5.46. The van der Waals surface area contributed by atoms with Crippen molar-refractivity contribution in [3.05, 3.63) is 0 Å². The molecule has 1 fully saturated rings. The Morgan fingerprint density at radius 1 is 1.03 bits per heavy atom. The van der Waals surface area contributed by atoms with Gasteiger partial charge in [-0.1, -0.05) is 27.7 Å². The number of nitrogens with one attached hydrogen (secondary N) is 3. The molecule has 1 atom stereocenters. The number of piperazine rings is 1. The molecule has 1 heterocycles. The van der Waals surface area contributed by atoms with Gasteiger partial charge in [-0.25, -0.2) is 4.79 Å². The third-order valence-corrected chi connectivity index (χ3v) is 6.04. The van der Waals surface area contributed by atoms with Gasteiger partial charge in [-0.3, -0.25) is 4.99 Å². The van der Waals surface area contributed by atoms with E-state index in [-0.39, 0.29) is 35.6 Å². The molecule has 1 saturated heterocycles. The molecule has 0 aliphatic carbocycles. The summed E-state index contributed by atoms with van der Waals surface area (Å²) in [6, 6.07) is 0. The van der Waals surface area contributed by atoms with E-state index in [0.29, 0.717) is 12.5 Å². The minimum Gasteiger partial charge on any atom is -0.444 e. The molecule has 190 valence electrons. The average molecular weight is 569 g/mol. The lowest BCUT2D eigenvalue weighted by molar-refractivity contribution is 0.0448. The monoisotopic (exact) mass is 568 g/mol. The number of rotatable bonds is 10. The molecule has 1 aliphatic rings. The van der Waals surface area contributed by atoms with Crippen LogP contribution in [0.25, 0.3) is 0 Å². The van der Waals surface area contributed by atoms with Crippen molar-refractivity contribution in [1.29, 1.82) is 0 Å². The number of guanidine groups is 1. The Balaban J connectivity index is 0.00000961. The number of nitrogens with zero attached hydrogens (tertiary/aromatic N) is 3. The predicted molar refractivity (Wildman–Crippen MR) is 145 cm³/mol. The number of halogens is 1. The van der Waals surface area contributed by atoms with Crippen LogP contribution in [-0.2, 0) is 4.74 Å². The highest BCUT2D eigenvalue weighted by atomic mass is 127. The lowest BCUT2D eigenvalue weighted by Gasteiger charge is -2.35. The highest BCUT2D eigenvalue weighted by Gasteiger charge is 2.30. The molecule has 9 heteroatoms. The molecule has 0 bridgehead atoms. The van der Waals surface area contributed by atoms with Gasteiger partial charge in [-0.15, -0.1) is 24.0 Å². The Morgan fingerprint density at radius 3 is 2.06 bits per heavy atom. The fourth-order valence-electron chi connectivity index (χ4n) is 3.78. The molecule has 0 aromatic carbocycles. The number of ether oxygens (including phenoxy) is 1. The second-order valence-electron chi connectivity index (χ2n) is 9.76. The third kappa shape index (κ3) is 11.9. The molecule has 0 aromatic heterocycles. The van der Waals surface area contributed by atoms with Crippen LogP contribution in [0.1, 0.15) is 61.3 Å². The largest absolute Gasteiger partial charge is 0.444 e. The first-order valence-electron chi connectivity index (χ1n) is 12.0. The van der Waals surface area contributed by atoms with Crippen molar-refractivity contribution in [3.63, 3.8) is 0 Å². The summed E-state index contributed by atoms with van der Waals surface area (Å²) in [5.41, 5.74) is -0.897. The number of carbonyl (C=O) groups excluding carboxylic acids is 1. The van der Waals surface area contributed by atoms with Crippen LogP contribution in [0, 0.1) is 5.92 Å². The fourth-order valence-corrected chi connectivity index (χ4v) is 3.78. The zero-order valence-corrected chi connectivity index (χ0v) is 24.0. The molecule has 0 spiro atoms. The quantitative estimate of drug-likeness (QED) is 0.214. The standard InChI is InChI=1S/C23H48N6O2.HI/c1-9-23(10-2,27-21(30)31-22(5,6)7)18-26-20(24-8)25-16-19(4)17-29-14-12-28(11-3)13-15-29;/h19H,9-18H2,1-8H3,(H,27,30)(H2,24,25,26);1H. The van der Waals surface area contributed by atoms with Gasteiger partial charge in [0.25, 0.3) is 0 Å². The van der Waals surface area contributed by atoms with Crippen LogP contribution in [0.4, 0.5) is 4.79 Å². The highest BCUT2D eigenvalue weighted by Crippen LogP contribution is 2.16. The van der Waals surface area contributed by atoms with Crippen LogP contribution in [0.5, 0.6) is 0 Å². The van der Waals surface area contributed by atoms with Crippen molar-refractivity contribution in [2.75, 3.05) is 59.4 Å². The maximum Gasteiger partial charge on any atom is 0.408 e. The number of likely N-dealkylation sites (N-methyl/N-ethyl adjacent to an activating group) is 1. The van der Waals surface area contributed by atoms with E-state index < -0.39 is 5.60 Å². The third-order valence-electron chi connectivity index (χ3n) is 6.04. The summed E-state index contributed by atoms with van der Waals surface area (Å²) in [5.74, 6) is 1.29. The van der Waals surface area contributed by atoms with E-state index in [1.54, 1.807) is 7.05 Å². The number of aliphatic imine (C=N–C) groups is 1. The number of hydrogen-bond donors (Lipinski definition) is 3. The molecule has 32 heavy (non-hydrogen) atoms. The smallest absolute Gasteiger partial charge is 0.408 e. The molecule has 0 saturated carbocycles. The summed E-state index contributed by atoms with van der Waals surface area (Å²) in [7, 11) is 1.78. The highest BCUT2D eigenvalue weighted by molar-refractivity contribution is 14.0. The van der Waals surface area contributed by atoms with E-state index in [1.165, 1.54) is 13.1 Å². The van der Waals surface area contributed by atoms with E-state index in [1.807, 2.05) is 20.8 Å². The summed E-state index contributed by atoms with van der Waals surface area (Å²) >= 11 is 0. The molecular weight excluding hydrogens is 519 g/mol. The van der Waals surface area contributed by atoms with Crippen LogP contribution in [0.3, 0.4) is 0 Å². The maximum atomic E-state index is 12.3. The topological polar surface area (TPSA) is 81.2 Å². The number of hydrogen-bond acceptors (Lipinski definition) is 5. The Bertz CT molecular complexity index is 555. The van der Waals surface area contributed by atoms with Gasteiger partial charge in [-0.05, 0) is 46.1 Å². The Kier molecular flexibility index (Phi) is 14.8. The first-order chi connectivity index (χ1) is 14.6. The Hall–Kier alpha value is -0.810. The van der Waals surface area contributed by atoms with Gasteiger partial charge >= 0.3 is 6.09 Å². The van der Waals surface area contributed by atoms with Crippen molar-refractivity contribution < 1.29 is 9.53 Å². The molecular formula is C23H49IN6O2. The second-order valence-corrected chi connectivity index (χ2v) is 9.76. The number of alkyl carbamates (subject to hydrolysis) is 1. The number of carbonyl (C=O) groups is 1. The van der Waals surface area contributed by atoms with Gasteiger partial charge in [0.1, 0.15) is 5.60 Å². The van der Waals surface area contributed by atoms with E-state index in [9.17, 15) is 4.79 Å². The second kappa shape index (κ2) is 15.2. The SMILES string of the molecule is CCN1CCN(CC(C)CNC(=NC)NCC(CC)(CC)NC(=O)OC(C)(C)C)CC1.I. The Morgan fingerprint density at radius 2 is 1.59 bits per heavy atom. The molecule has 1 rings (SSSR count). The zero-order chi connectivity index (χ0) is 23.5. The van der Waals surface area contributed by atoms with E-state index >= 15 is 0 Å². The minimum absolute atomic E-state index is 0. The van der Waals surface area contributed by atoms with E-state index in [2.05, 4.69) is 58.4 Å². The molecule has 1 unspecified atom stereocenters. The van der Waals surface area contributed by atoms with E-state index in [0.717, 1.165) is 51.5 Å². The molecule has 1 amide bonds. The first-order valence-corrected chi connectivity index (χ1v) is 12.0. The Labute approximate surface area is 213 Å². The normalized spacial score (nSPS) is 17.3. The van der Waals surface area contributed by atoms with Crippen molar-refractivity contribution in [3.8, 4) is 0 Å². The summed E-state index contributed by atoms with van der Waals surface area (Å²) in [5, 5.41) is 9.93. The number of amides is 1. The van der Waals surface area contributed by atoms with Crippen LogP contribution in [0.15, 0.2) is 4.99 Å².